The molecule has 0 aliphatic heterocycles. The molecule has 1 rings (SSSR count). The van der Waals surface area contributed by atoms with E-state index in [1.165, 1.54) is 0 Å². The third-order valence-electron chi connectivity index (χ3n) is 2.43. The molecule has 1 aromatic carbocycles. The Morgan fingerprint density at radius 3 is 2.71 bits per heavy atom. The molecule has 92 valence electrons. The molecule has 0 radical (unpaired) electrons. The molecule has 0 saturated heterocycles. The number of hydrogen-bond acceptors (Lipinski definition) is 3. The van der Waals surface area contributed by atoms with E-state index in [1.54, 1.807) is 6.07 Å². The lowest BCUT2D eigenvalue weighted by Crippen LogP contribution is -2.08. The summed E-state index contributed by atoms with van der Waals surface area (Å²) in [7, 11) is 0. The topological polar surface area (TPSA) is 42.2 Å². The molecule has 17 heavy (non-hydrogen) atoms. The highest BCUT2D eigenvalue weighted by atomic mass is 16.5. The zero-order valence-electron chi connectivity index (χ0n) is 10.5. The van der Waals surface area contributed by atoms with Crippen molar-refractivity contribution in [2.45, 2.75) is 26.7 Å². The fourth-order valence-corrected chi connectivity index (χ4v) is 1.44. The highest BCUT2D eigenvalue weighted by Gasteiger charge is 2.00. The Balaban J connectivity index is 2.30. The molecule has 0 aliphatic carbocycles. The average molecular weight is 233 g/mol. The summed E-state index contributed by atoms with van der Waals surface area (Å²) in [6.07, 6.45) is 2.24. The molecule has 3 nitrogen and oxygen atoms in total. The summed E-state index contributed by atoms with van der Waals surface area (Å²) in [5.74, 6) is 0.822. The van der Waals surface area contributed by atoms with Gasteiger partial charge in [-0.05, 0) is 37.1 Å². The van der Waals surface area contributed by atoms with Gasteiger partial charge < -0.3 is 9.47 Å². The molecule has 0 atom stereocenters. The number of nitrogens with zero attached hydrogens (tertiary/aromatic N) is 1. The molecule has 1 aromatic rings. The van der Waals surface area contributed by atoms with Crippen molar-refractivity contribution < 1.29 is 9.47 Å². The van der Waals surface area contributed by atoms with Crippen LogP contribution in [0.3, 0.4) is 0 Å². The van der Waals surface area contributed by atoms with Crippen molar-refractivity contribution >= 4 is 0 Å². The first kappa shape index (κ1) is 13.5. The van der Waals surface area contributed by atoms with Gasteiger partial charge in [0.1, 0.15) is 12.4 Å². The van der Waals surface area contributed by atoms with E-state index >= 15 is 0 Å². The molecule has 3 heteroatoms. The van der Waals surface area contributed by atoms with E-state index < -0.39 is 0 Å². The van der Waals surface area contributed by atoms with Crippen molar-refractivity contribution in [3.05, 3.63) is 29.3 Å². The van der Waals surface area contributed by atoms with Crippen LogP contribution in [-0.4, -0.2) is 19.8 Å². The van der Waals surface area contributed by atoms with Crippen molar-refractivity contribution in [3.63, 3.8) is 0 Å². The van der Waals surface area contributed by atoms with E-state index in [0.717, 1.165) is 30.8 Å². The van der Waals surface area contributed by atoms with E-state index in [2.05, 4.69) is 13.0 Å². The molecular formula is C14H19NO2. The van der Waals surface area contributed by atoms with Crippen LogP contribution in [0.4, 0.5) is 0 Å². The van der Waals surface area contributed by atoms with Gasteiger partial charge >= 0.3 is 0 Å². The quantitative estimate of drug-likeness (QED) is 0.680. The Kier molecular flexibility index (Phi) is 6.13. The van der Waals surface area contributed by atoms with Crippen LogP contribution in [0.25, 0.3) is 0 Å². The summed E-state index contributed by atoms with van der Waals surface area (Å²) in [6.45, 7) is 6.04. The van der Waals surface area contributed by atoms with E-state index in [0.29, 0.717) is 18.8 Å². The zero-order valence-corrected chi connectivity index (χ0v) is 10.5. The van der Waals surface area contributed by atoms with Gasteiger partial charge in [0.15, 0.2) is 0 Å². The summed E-state index contributed by atoms with van der Waals surface area (Å²) in [4.78, 5) is 0. The molecular weight excluding hydrogens is 214 g/mol. The molecule has 0 heterocycles. The summed E-state index contributed by atoms with van der Waals surface area (Å²) in [5, 5.41) is 8.74. The van der Waals surface area contributed by atoms with Crippen LogP contribution >= 0.6 is 0 Å². The second kappa shape index (κ2) is 7.70. The van der Waals surface area contributed by atoms with Crippen LogP contribution in [0.1, 0.15) is 30.9 Å². The summed E-state index contributed by atoms with van der Waals surface area (Å²) >= 11 is 0. The average Bonchev–Trinajstić information content (AvgIpc) is 2.35. The van der Waals surface area contributed by atoms with Crippen LogP contribution in [-0.2, 0) is 4.74 Å². The Morgan fingerprint density at radius 2 is 2.06 bits per heavy atom. The van der Waals surface area contributed by atoms with E-state index in [4.69, 9.17) is 14.7 Å². The highest BCUT2D eigenvalue weighted by molar-refractivity contribution is 5.41. The fourth-order valence-electron chi connectivity index (χ4n) is 1.44. The number of ether oxygens (including phenoxy) is 2. The molecule has 0 aromatic heterocycles. The molecule has 0 unspecified atom stereocenters. The predicted molar refractivity (Wildman–Crippen MR) is 67.1 cm³/mol. The highest BCUT2D eigenvalue weighted by Crippen LogP contribution is 2.18. The summed E-state index contributed by atoms with van der Waals surface area (Å²) in [6, 6.07) is 7.53. The minimum absolute atomic E-state index is 0.552. The van der Waals surface area contributed by atoms with Gasteiger partial charge in [-0.15, -0.1) is 0 Å². The minimum Gasteiger partial charge on any atom is -0.491 e. The standard InChI is InChI=1S/C14H19NO2/c1-3-4-7-16-8-9-17-14-6-5-13(11-15)10-12(14)2/h5-6,10H,3-4,7-9H2,1-2H3. The van der Waals surface area contributed by atoms with Crippen LogP contribution in [0.5, 0.6) is 5.75 Å². The lowest BCUT2D eigenvalue weighted by Gasteiger charge is -2.09. The number of nitriles is 1. The van der Waals surface area contributed by atoms with Crippen molar-refractivity contribution in [1.29, 1.82) is 5.26 Å². The molecule has 0 fully saturated rings. The Bertz CT molecular complexity index is 382. The maximum atomic E-state index is 8.74. The maximum absolute atomic E-state index is 8.74. The third-order valence-corrected chi connectivity index (χ3v) is 2.43. The molecule has 0 saturated carbocycles. The number of rotatable bonds is 7. The van der Waals surface area contributed by atoms with Gasteiger partial charge in [-0.2, -0.15) is 5.26 Å². The maximum Gasteiger partial charge on any atom is 0.122 e. The van der Waals surface area contributed by atoms with Crippen molar-refractivity contribution in [2.75, 3.05) is 19.8 Å². The monoisotopic (exact) mass is 233 g/mol. The van der Waals surface area contributed by atoms with Gasteiger partial charge in [-0.3, -0.25) is 0 Å². The van der Waals surface area contributed by atoms with Crippen molar-refractivity contribution in [3.8, 4) is 11.8 Å². The normalized spacial score (nSPS) is 9.94. The number of aryl methyl sites for hydroxylation is 1. The van der Waals surface area contributed by atoms with Gasteiger partial charge in [0.2, 0.25) is 0 Å². The first-order valence-electron chi connectivity index (χ1n) is 5.99. The van der Waals surface area contributed by atoms with Crippen molar-refractivity contribution in [2.24, 2.45) is 0 Å². The molecule has 0 aliphatic rings. The second-order valence-electron chi connectivity index (χ2n) is 3.91. The van der Waals surface area contributed by atoms with Crippen LogP contribution in [0.2, 0.25) is 0 Å². The summed E-state index contributed by atoms with van der Waals surface area (Å²) < 4.78 is 11.0. The van der Waals surface area contributed by atoms with Crippen LogP contribution in [0.15, 0.2) is 18.2 Å². The number of benzene rings is 1. The molecule has 0 N–H and O–H groups in total. The first-order chi connectivity index (χ1) is 8.27. The molecule has 0 bridgehead atoms. The summed E-state index contributed by atoms with van der Waals surface area (Å²) in [5.41, 5.74) is 1.65. The lowest BCUT2D eigenvalue weighted by molar-refractivity contribution is 0.0978. The van der Waals surface area contributed by atoms with Crippen molar-refractivity contribution in [1.82, 2.24) is 0 Å². The third kappa shape index (κ3) is 4.88. The molecule has 0 spiro atoms. The first-order valence-corrected chi connectivity index (χ1v) is 5.99. The number of hydrogen-bond donors (Lipinski definition) is 0. The zero-order chi connectivity index (χ0) is 12.5. The van der Waals surface area contributed by atoms with Gasteiger partial charge in [-0.25, -0.2) is 0 Å². The van der Waals surface area contributed by atoms with Gasteiger partial charge in [0, 0.05) is 6.61 Å². The minimum atomic E-state index is 0.552. The van der Waals surface area contributed by atoms with E-state index in [-0.39, 0.29) is 0 Å². The second-order valence-corrected chi connectivity index (χ2v) is 3.91. The van der Waals surface area contributed by atoms with Crippen LogP contribution < -0.4 is 4.74 Å². The van der Waals surface area contributed by atoms with Gasteiger partial charge in [-0.1, -0.05) is 13.3 Å². The Morgan fingerprint density at radius 1 is 1.24 bits per heavy atom. The van der Waals surface area contributed by atoms with Gasteiger partial charge in [0.05, 0.1) is 18.2 Å². The van der Waals surface area contributed by atoms with Gasteiger partial charge in [0.25, 0.3) is 0 Å². The van der Waals surface area contributed by atoms with Crippen LogP contribution in [0, 0.1) is 18.3 Å². The number of unbranched alkanes of at least 4 members (excludes halogenated alkanes) is 1. The fraction of sp³-hybridized carbons (Fsp3) is 0.500. The predicted octanol–water partition coefficient (Wildman–Crippen LogP) is 3.06. The van der Waals surface area contributed by atoms with E-state index in [1.807, 2.05) is 19.1 Å². The smallest absolute Gasteiger partial charge is 0.122 e. The van der Waals surface area contributed by atoms with E-state index in [9.17, 15) is 0 Å². The SMILES string of the molecule is CCCCOCCOc1ccc(C#N)cc1C. The molecule has 0 amide bonds. The lowest BCUT2D eigenvalue weighted by atomic mass is 10.1. The Labute approximate surface area is 103 Å². The largest absolute Gasteiger partial charge is 0.491 e. The Hall–Kier alpha value is -1.53.